The lowest BCUT2D eigenvalue weighted by atomic mass is 10.2. The lowest BCUT2D eigenvalue weighted by Gasteiger charge is -2.12. The first kappa shape index (κ1) is 41.7. The van der Waals surface area contributed by atoms with Crippen LogP contribution >= 0.6 is 12.0 Å². The zero-order chi connectivity index (χ0) is 40.5. The van der Waals surface area contributed by atoms with Crippen LogP contribution in [-0.4, -0.2) is 26.1 Å². The molecule has 0 aliphatic carbocycles. The summed E-state index contributed by atoms with van der Waals surface area (Å²) in [5, 5.41) is 5.43. The second-order valence-electron chi connectivity index (χ2n) is 11.9. The number of amides is 3. The third-order valence-corrected chi connectivity index (χ3v) is 9.86. The largest absolute Gasteiger partial charge is 0.489 e. The lowest BCUT2D eigenvalue weighted by molar-refractivity contribution is -0.195. The van der Waals surface area contributed by atoms with E-state index in [2.05, 4.69) is 20.0 Å². The van der Waals surface area contributed by atoms with Crippen molar-refractivity contribution in [2.45, 2.75) is 29.9 Å². The Morgan fingerprint density at radius 2 is 1.07 bits per heavy atom. The third-order valence-electron chi connectivity index (χ3n) is 7.69. The first-order valence-corrected chi connectivity index (χ1v) is 19.4. The van der Waals surface area contributed by atoms with Gasteiger partial charge in [-0.2, -0.15) is 5.90 Å². The monoisotopic (exact) mass is 806 g/mol. The van der Waals surface area contributed by atoms with Crippen LogP contribution in [0.1, 0.15) is 38.8 Å². The van der Waals surface area contributed by atoms with Gasteiger partial charge in [0, 0.05) is 18.1 Å². The van der Waals surface area contributed by atoms with Gasteiger partial charge in [0.15, 0.2) is 0 Å². The summed E-state index contributed by atoms with van der Waals surface area (Å²) in [7, 11) is -4.10. The number of carbonyl (C=O) groups is 3. The van der Waals surface area contributed by atoms with Crippen molar-refractivity contribution in [3.63, 3.8) is 0 Å². The van der Waals surface area contributed by atoms with E-state index in [1.54, 1.807) is 60.7 Å². The van der Waals surface area contributed by atoms with Gasteiger partial charge in [-0.25, -0.2) is 13.1 Å². The number of rotatable bonds is 15. The first-order valence-electron chi connectivity index (χ1n) is 17.2. The Morgan fingerprint density at radius 1 is 0.596 bits per heavy atom. The van der Waals surface area contributed by atoms with E-state index in [9.17, 15) is 22.8 Å². The van der Waals surface area contributed by atoms with Crippen LogP contribution in [0.4, 0.5) is 11.4 Å². The molecule has 5 N–H and O–H groups in total. The molecule has 0 radical (unpaired) electrons. The van der Waals surface area contributed by atoms with Gasteiger partial charge in [0.25, 0.3) is 21.8 Å². The van der Waals surface area contributed by atoms with Crippen LogP contribution < -0.4 is 30.7 Å². The van der Waals surface area contributed by atoms with Crippen LogP contribution in [0.25, 0.3) is 0 Å². The molecule has 292 valence electrons. The van der Waals surface area contributed by atoms with Crippen LogP contribution in [-0.2, 0) is 37.4 Å². The number of sulfonamides is 1. The highest BCUT2D eigenvalue weighted by Crippen LogP contribution is 2.28. The number of hydrogen-bond donors (Lipinski definition) is 4. The van der Waals surface area contributed by atoms with Crippen molar-refractivity contribution in [1.29, 1.82) is 0 Å². The Morgan fingerprint density at radius 3 is 1.60 bits per heavy atom. The van der Waals surface area contributed by atoms with Gasteiger partial charge in [-0.3, -0.25) is 14.4 Å². The first-order chi connectivity index (χ1) is 27.6. The molecule has 6 aromatic rings. The van der Waals surface area contributed by atoms with Crippen molar-refractivity contribution in [1.82, 2.24) is 4.72 Å². The Balaban J connectivity index is 0.000000219. The Bertz CT molecular complexity index is 2380. The highest BCUT2D eigenvalue weighted by molar-refractivity contribution is 7.94. The quantitative estimate of drug-likeness (QED) is 0.0453. The molecular formula is C42H38N4O9S2. The summed E-state index contributed by atoms with van der Waals surface area (Å²) >= 11 is 0.906. The van der Waals surface area contributed by atoms with Crippen LogP contribution in [0, 0.1) is 0 Å². The van der Waals surface area contributed by atoms with E-state index in [1.807, 2.05) is 83.6 Å². The Kier molecular flexibility index (Phi) is 15.3. The molecule has 15 heteroatoms. The van der Waals surface area contributed by atoms with Gasteiger partial charge >= 0.3 is 0 Å². The molecular weight excluding hydrogens is 769 g/mol. The molecule has 0 bridgehead atoms. The van der Waals surface area contributed by atoms with Gasteiger partial charge in [-0.15, -0.1) is 9.32 Å². The fourth-order valence-electron chi connectivity index (χ4n) is 5.07. The van der Waals surface area contributed by atoms with Crippen molar-refractivity contribution in [3.8, 4) is 11.5 Å². The van der Waals surface area contributed by atoms with Gasteiger partial charge in [0.2, 0.25) is 5.91 Å². The molecule has 0 aliphatic heterocycles. The van der Waals surface area contributed by atoms with E-state index < -0.39 is 21.8 Å². The number of para-hydroxylation sites is 2. The topological polar surface area (TPSA) is 184 Å². The fourth-order valence-corrected chi connectivity index (χ4v) is 6.68. The molecule has 3 amide bonds. The summed E-state index contributed by atoms with van der Waals surface area (Å²) in [5.41, 5.74) is 3.47. The number of nitrogens with one attached hydrogen (secondary N) is 3. The maximum absolute atomic E-state index is 12.7. The number of hydrogen-bond acceptors (Lipinski definition) is 11. The summed E-state index contributed by atoms with van der Waals surface area (Å²) in [4.78, 5) is 41.0. The second-order valence-corrected chi connectivity index (χ2v) is 14.3. The highest BCUT2D eigenvalue weighted by atomic mass is 32.2. The average Bonchev–Trinajstić information content (AvgIpc) is 3.23. The molecule has 0 unspecified atom stereocenters. The average molecular weight is 807 g/mol. The molecule has 0 aromatic heterocycles. The maximum Gasteiger partial charge on any atom is 0.266 e. The molecule has 0 heterocycles. The maximum atomic E-state index is 12.7. The highest BCUT2D eigenvalue weighted by Gasteiger charge is 2.21. The zero-order valence-corrected chi connectivity index (χ0v) is 32.1. The van der Waals surface area contributed by atoms with E-state index in [0.717, 1.165) is 30.1 Å². The van der Waals surface area contributed by atoms with Gasteiger partial charge < -0.3 is 20.1 Å². The van der Waals surface area contributed by atoms with Crippen LogP contribution in [0.3, 0.4) is 0 Å². The van der Waals surface area contributed by atoms with E-state index in [-0.39, 0.29) is 16.5 Å². The molecule has 57 heavy (non-hydrogen) atoms. The summed E-state index contributed by atoms with van der Waals surface area (Å²) in [6, 6.07) is 46.0. The Hall–Kier alpha value is -6.49. The van der Waals surface area contributed by atoms with Crippen molar-refractivity contribution >= 4 is 51.2 Å². The summed E-state index contributed by atoms with van der Waals surface area (Å²) in [6.07, 6.45) is 0. The molecule has 13 nitrogen and oxygen atoms in total. The summed E-state index contributed by atoms with van der Waals surface area (Å²) < 4.78 is 42.8. The normalized spacial score (nSPS) is 10.6. The summed E-state index contributed by atoms with van der Waals surface area (Å²) in [5.74, 6) is 4.49. The number of benzene rings is 6. The van der Waals surface area contributed by atoms with Crippen molar-refractivity contribution < 1.29 is 41.6 Å². The molecule has 0 fully saturated rings. The molecule has 0 spiro atoms. The second kappa shape index (κ2) is 21.0. The van der Waals surface area contributed by atoms with Crippen LogP contribution in [0.15, 0.2) is 168 Å². The minimum atomic E-state index is -4.10. The van der Waals surface area contributed by atoms with Crippen molar-refractivity contribution in [2.24, 2.45) is 5.90 Å². The predicted molar refractivity (Wildman–Crippen MR) is 216 cm³/mol. The van der Waals surface area contributed by atoms with Crippen LogP contribution in [0.5, 0.6) is 11.5 Å². The number of nitrogens with two attached hydrogens (primary N) is 1. The molecule has 0 aliphatic rings. The zero-order valence-electron chi connectivity index (χ0n) is 30.5. The number of carbonyl (C=O) groups excluding carboxylic acids is 3. The minimum absolute atomic E-state index is 0.0619. The van der Waals surface area contributed by atoms with Gasteiger partial charge in [-0.05, 0) is 71.8 Å². The van der Waals surface area contributed by atoms with Gasteiger partial charge in [-0.1, -0.05) is 97.1 Å². The van der Waals surface area contributed by atoms with Gasteiger partial charge in [0.1, 0.15) is 29.6 Å². The van der Waals surface area contributed by atoms with Crippen molar-refractivity contribution in [2.75, 3.05) is 10.6 Å². The number of ether oxygens (including phenoxy) is 2. The van der Waals surface area contributed by atoms with Crippen LogP contribution in [0.2, 0.25) is 0 Å². The third kappa shape index (κ3) is 13.1. The molecule has 6 aromatic carbocycles. The van der Waals surface area contributed by atoms with E-state index >= 15 is 0 Å². The SMILES string of the molecule is CC(=O)NS(=O)(=O)c1ccccc1NC(=O)c1cccc(OCc2ccccc2)c1.NOOSc1ccccc1NC(=O)c1cccc(OCc2ccccc2)c1. The Labute approximate surface area is 334 Å². The molecule has 0 saturated heterocycles. The molecule has 6 rings (SSSR count). The predicted octanol–water partition coefficient (Wildman–Crippen LogP) is 7.69. The fraction of sp³-hybridized carbons (Fsp3) is 0.0714. The smallest absolute Gasteiger partial charge is 0.266 e. The minimum Gasteiger partial charge on any atom is -0.489 e. The van der Waals surface area contributed by atoms with E-state index in [4.69, 9.17) is 15.4 Å². The molecule has 0 atom stereocenters. The van der Waals surface area contributed by atoms with E-state index in [0.29, 0.717) is 46.4 Å². The van der Waals surface area contributed by atoms with E-state index in [1.165, 1.54) is 18.2 Å². The standard InChI is InChI=1S/C22H20N2O5S.C20H18N2O4S/c1-16(25)24-30(27,28)21-13-6-5-12-20(21)23-22(26)18-10-7-11-19(14-18)29-15-17-8-3-2-4-9-17;21-25-26-27-19-12-5-4-11-18(19)22-20(23)16-9-6-10-17(13-16)24-14-15-7-2-1-3-8-15/h2-14H,15H2,1H3,(H,23,26)(H,24,25);1-13H,14,21H2,(H,22,23). The lowest BCUT2D eigenvalue weighted by Crippen LogP contribution is -2.29. The molecule has 0 saturated carbocycles. The number of anilines is 2. The van der Waals surface area contributed by atoms with Crippen molar-refractivity contribution in [3.05, 3.63) is 180 Å². The summed E-state index contributed by atoms with van der Waals surface area (Å²) in [6.45, 7) is 1.88. The van der Waals surface area contributed by atoms with Gasteiger partial charge in [0.05, 0.1) is 28.3 Å².